The molecule has 2 nitrogen and oxygen atoms in total. The largest absolute Gasteiger partial charge is 0.381 e. The van der Waals surface area contributed by atoms with Gasteiger partial charge in [-0.25, -0.2) is 0 Å². The fourth-order valence-corrected chi connectivity index (χ4v) is 1.97. The maximum atomic E-state index is 5.32. The smallest absolute Gasteiger partial charge is 0.0468 e. The first-order valence-electron chi connectivity index (χ1n) is 4.73. The quantitative estimate of drug-likeness (QED) is 0.643. The standard InChI is InChI=1S/C9H17NO/c1-3-11-4-2-8(1)5-9-6-10-7-9/h8-10H,1-7H2. The van der Waals surface area contributed by atoms with Crippen LogP contribution in [0.1, 0.15) is 19.3 Å². The van der Waals surface area contributed by atoms with Crippen LogP contribution >= 0.6 is 0 Å². The molecule has 0 radical (unpaired) electrons. The summed E-state index contributed by atoms with van der Waals surface area (Å²) in [4.78, 5) is 0. The molecule has 2 saturated heterocycles. The molecule has 0 aromatic rings. The van der Waals surface area contributed by atoms with E-state index in [0.717, 1.165) is 25.0 Å². The van der Waals surface area contributed by atoms with Gasteiger partial charge in [-0.05, 0) is 44.2 Å². The Morgan fingerprint density at radius 3 is 2.36 bits per heavy atom. The van der Waals surface area contributed by atoms with Crippen molar-refractivity contribution in [1.82, 2.24) is 5.32 Å². The highest BCUT2D eigenvalue weighted by molar-refractivity contribution is 4.78. The van der Waals surface area contributed by atoms with Gasteiger partial charge in [-0.3, -0.25) is 0 Å². The molecule has 11 heavy (non-hydrogen) atoms. The third-order valence-electron chi connectivity index (χ3n) is 2.87. The van der Waals surface area contributed by atoms with Crippen LogP contribution in [-0.2, 0) is 4.74 Å². The number of hydrogen-bond acceptors (Lipinski definition) is 2. The number of rotatable bonds is 2. The predicted octanol–water partition coefficient (Wildman–Crippen LogP) is 1.02. The Bertz CT molecular complexity index is 117. The lowest BCUT2D eigenvalue weighted by Gasteiger charge is -2.32. The van der Waals surface area contributed by atoms with E-state index in [2.05, 4.69) is 5.32 Å². The minimum absolute atomic E-state index is 0.968. The zero-order valence-electron chi connectivity index (χ0n) is 7.01. The fourth-order valence-electron chi connectivity index (χ4n) is 1.97. The molecular formula is C9H17NO. The molecule has 2 rings (SSSR count). The van der Waals surface area contributed by atoms with Gasteiger partial charge in [0.2, 0.25) is 0 Å². The zero-order valence-corrected chi connectivity index (χ0v) is 7.01. The van der Waals surface area contributed by atoms with E-state index in [9.17, 15) is 0 Å². The third kappa shape index (κ3) is 1.94. The molecule has 2 heteroatoms. The van der Waals surface area contributed by atoms with Crippen LogP contribution in [0.2, 0.25) is 0 Å². The van der Waals surface area contributed by atoms with Crippen molar-refractivity contribution in [3.63, 3.8) is 0 Å². The maximum Gasteiger partial charge on any atom is 0.0468 e. The first-order valence-corrected chi connectivity index (χ1v) is 4.73. The second-order valence-corrected chi connectivity index (χ2v) is 3.82. The lowest BCUT2D eigenvalue weighted by Crippen LogP contribution is -2.43. The summed E-state index contributed by atoms with van der Waals surface area (Å²) in [6, 6.07) is 0. The van der Waals surface area contributed by atoms with Crippen LogP contribution in [0.15, 0.2) is 0 Å². The predicted molar refractivity (Wildman–Crippen MR) is 44.5 cm³/mol. The summed E-state index contributed by atoms with van der Waals surface area (Å²) in [5.41, 5.74) is 0. The molecule has 2 fully saturated rings. The van der Waals surface area contributed by atoms with Crippen molar-refractivity contribution in [2.75, 3.05) is 26.3 Å². The zero-order chi connectivity index (χ0) is 7.52. The Balaban J connectivity index is 1.67. The molecule has 2 aliphatic heterocycles. The summed E-state index contributed by atoms with van der Waals surface area (Å²) in [6.45, 7) is 4.53. The molecule has 2 heterocycles. The molecule has 0 aromatic carbocycles. The Kier molecular flexibility index (Phi) is 2.44. The molecule has 0 bridgehead atoms. The van der Waals surface area contributed by atoms with Gasteiger partial charge in [0.1, 0.15) is 0 Å². The topological polar surface area (TPSA) is 21.3 Å². The van der Waals surface area contributed by atoms with Gasteiger partial charge in [-0.15, -0.1) is 0 Å². The number of nitrogens with one attached hydrogen (secondary N) is 1. The second-order valence-electron chi connectivity index (χ2n) is 3.82. The highest BCUT2D eigenvalue weighted by Crippen LogP contribution is 2.24. The molecule has 0 aliphatic carbocycles. The van der Waals surface area contributed by atoms with Crippen LogP contribution < -0.4 is 5.32 Å². The van der Waals surface area contributed by atoms with Crippen LogP contribution in [-0.4, -0.2) is 26.3 Å². The molecule has 0 unspecified atom stereocenters. The Labute approximate surface area is 68.3 Å². The van der Waals surface area contributed by atoms with Gasteiger partial charge in [0.25, 0.3) is 0 Å². The molecule has 0 aromatic heterocycles. The van der Waals surface area contributed by atoms with Crippen molar-refractivity contribution in [2.45, 2.75) is 19.3 Å². The maximum absolute atomic E-state index is 5.32. The second kappa shape index (κ2) is 3.55. The number of ether oxygens (including phenoxy) is 1. The first kappa shape index (κ1) is 7.56. The van der Waals surface area contributed by atoms with E-state index in [1.165, 1.54) is 32.4 Å². The van der Waals surface area contributed by atoms with Gasteiger partial charge in [0.05, 0.1) is 0 Å². The first-order chi connectivity index (χ1) is 5.45. The molecule has 0 spiro atoms. The summed E-state index contributed by atoms with van der Waals surface area (Å²) < 4.78 is 5.32. The summed E-state index contributed by atoms with van der Waals surface area (Å²) in [6.07, 6.45) is 4.04. The van der Waals surface area contributed by atoms with E-state index in [1.54, 1.807) is 0 Å². The molecule has 0 amide bonds. The van der Waals surface area contributed by atoms with Crippen LogP contribution in [0.5, 0.6) is 0 Å². The fraction of sp³-hybridized carbons (Fsp3) is 1.00. The SMILES string of the molecule is C1CC(CC2CNC2)CCO1. The summed E-state index contributed by atoms with van der Waals surface area (Å²) in [7, 11) is 0. The van der Waals surface area contributed by atoms with Crippen molar-refractivity contribution in [2.24, 2.45) is 11.8 Å². The highest BCUT2D eigenvalue weighted by atomic mass is 16.5. The molecule has 0 saturated carbocycles. The molecular weight excluding hydrogens is 138 g/mol. The Morgan fingerprint density at radius 2 is 1.82 bits per heavy atom. The van der Waals surface area contributed by atoms with E-state index < -0.39 is 0 Å². The van der Waals surface area contributed by atoms with Gasteiger partial charge in [-0.1, -0.05) is 0 Å². The van der Waals surface area contributed by atoms with Gasteiger partial charge >= 0.3 is 0 Å². The molecule has 2 aliphatic rings. The minimum atomic E-state index is 0.968. The minimum Gasteiger partial charge on any atom is -0.381 e. The monoisotopic (exact) mass is 155 g/mol. The van der Waals surface area contributed by atoms with E-state index in [-0.39, 0.29) is 0 Å². The summed E-state index contributed by atoms with van der Waals surface area (Å²) >= 11 is 0. The van der Waals surface area contributed by atoms with Crippen molar-refractivity contribution in [1.29, 1.82) is 0 Å². The van der Waals surface area contributed by atoms with Gasteiger partial charge in [0.15, 0.2) is 0 Å². The van der Waals surface area contributed by atoms with E-state index in [4.69, 9.17) is 4.74 Å². The van der Waals surface area contributed by atoms with Gasteiger partial charge in [0, 0.05) is 13.2 Å². The van der Waals surface area contributed by atoms with Crippen molar-refractivity contribution in [3.05, 3.63) is 0 Å². The average Bonchev–Trinajstić information content (AvgIpc) is 1.99. The van der Waals surface area contributed by atoms with Crippen molar-refractivity contribution >= 4 is 0 Å². The molecule has 0 atom stereocenters. The van der Waals surface area contributed by atoms with Crippen molar-refractivity contribution < 1.29 is 4.74 Å². The normalized spacial score (nSPS) is 28.4. The third-order valence-corrected chi connectivity index (χ3v) is 2.87. The Morgan fingerprint density at radius 1 is 1.09 bits per heavy atom. The van der Waals surface area contributed by atoms with Crippen LogP contribution in [0.3, 0.4) is 0 Å². The van der Waals surface area contributed by atoms with E-state index >= 15 is 0 Å². The van der Waals surface area contributed by atoms with E-state index in [1.807, 2.05) is 0 Å². The van der Waals surface area contributed by atoms with Crippen LogP contribution in [0.4, 0.5) is 0 Å². The van der Waals surface area contributed by atoms with Crippen molar-refractivity contribution in [3.8, 4) is 0 Å². The van der Waals surface area contributed by atoms with Gasteiger partial charge in [-0.2, -0.15) is 0 Å². The summed E-state index contributed by atoms with van der Waals surface area (Å²) in [5, 5.41) is 3.32. The lowest BCUT2D eigenvalue weighted by atomic mass is 9.86. The molecule has 64 valence electrons. The van der Waals surface area contributed by atoms with Gasteiger partial charge < -0.3 is 10.1 Å². The highest BCUT2D eigenvalue weighted by Gasteiger charge is 2.22. The lowest BCUT2D eigenvalue weighted by molar-refractivity contribution is 0.0552. The molecule has 1 N–H and O–H groups in total. The van der Waals surface area contributed by atoms with E-state index in [0.29, 0.717) is 0 Å². The Hall–Kier alpha value is -0.0800. The van der Waals surface area contributed by atoms with Crippen LogP contribution in [0.25, 0.3) is 0 Å². The number of hydrogen-bond donors (Lipinski definition) is 1. The summed E-state index contributed by atoms with van der Waals surface area (Å²) in [5.74, 6) is 1.95. The van der Waals surface area contributed by atoms with Crippen LogP contribution in [0, 0.1) is 11.8 Å². The average molecular weight is 155 g/mol.